The molecule has 2 nitrogen and oxygen atoms in total. The lowest BCUT2D eigenvalue weighted by atomic mass is 9.89. The highest BCUT2D eigenvalue weighted by molar-refractivity contribution is 7.99. The van der Waals surface area contributed by atoms with Gasteiger partial charge in [0.25, 0.3) is 5.78 Å². The normalized spacial score (nSPS) is 26.9. The number of carbonyl (C=O) groups excluding carboxylic acids is 1. The molecule has 2 aliphatic rings. The van der Waals surface area contributed by atoms with Crippen LogP contribution in [0.2, 0.25) is 0 Å². The zero-order chi connectivity index (χ0) is 14.6. The number of halogens is 2. The van der Waals surface area contributed by atoms with Gasteiger partial charge in [0.2, 0.25) is 0 Å². The van der Waals surface area contributed by atoms with Gasteiger partial charge >= 0.3 is 7.11 Å². The van der Waals surface area contributed by atoms with Crippen LogP contribution in [0, 0.1) is 5.92 Å². The Bertz CT molecular complexity index is 762. The first-order valence-corrected chi connectivity index (χ1v) is 7.92. The van der Waals surface area contributed by atoms with Crippen LogP contribution < -0.4 is 0 Å². The van der Waals surface area contributed by atoms with E-state index in [1.54, 1.807) is 18.7 Å². The van der Waals surface area contributed by atoms with E-state index < -0.39 is 13.2 Å². The number of fused-ring (bicyclic) bond motifs is 5. The van der Waals surface area contributed by atoms with Crippen molar-refractivity contribution in [3.05, 3.63) is 42.0 Å². The summed E-state index contributed by atoms with van der Waals surface area (Å²) in [5.74, 6) is 0.965. The molecule has 0 aromatic heterocycles. The Labute approximate surface area is 125 Å². The Hall–Kier alpha value is -1.40. The van der Waals surface area contributed by atoms with E-state index in [1.807, 2.05) is 36.4 Å². The molecule has 21 heavy (non-hydrogen) atoms. The van der Waals surface area contributed by atoms with Gasteiger partial charge in [-0.25, -0.2) is 0 Å². The third-order valence-corrected chi connectivity index (χ3v) is 5.35. The maximum atomic E-state index is 13.6. The SMILES string of the molecule is CC1O[B-](F)(F)[O+]=C2c3ccc4ccccc4c3SCC21. The molecule has 6 heteroatoms. The summed E-state index contributed by atoms with van der Waals surface area (Å²) in [4.78, 5) is 1.03. The van der Waals surface area contributed by atoms with Gasteiger partial charge in [-0.1, -0.05) is 30.3 Å². The molecule has 2 aromatic carbocycles. The van der Waals surface area contributed by atoms with Crippen molar-refractivity contribution in [2.45, 2.75) is 17.9 Å². The summed E-state index contributed by atoms with van der Waals surface area (Å²) in [7, 11) is -4.22. The first-order chi connectivity index (χ1) is 10.1. The van der Waals surface area contributed by atoms with Crippen molar-refractivity contribution in [1.29, 1.82) is 0 Å². The van der Waals surface area contributed by atoms with Crippen molar-refractivity contribution in [3.63, 3.8) is 0 Å². The average Bonchev–Trinajstić information content (AvgIpc) is 2.45. The molecular formula is C15H13BF2O2S. The molecule has 108 valence electrons. The second kappa shape index (κ2) is 4.55. The van der Waals surface area contributed by atoms with Crippen LogP contribution in [-0.4, -0.2) is 24.7 Å². The Kier molecular flexibility index (Phi) is 2.88. The maximum absolute atomic E-state index is 13.6. The van der Waals surface area contributed by atoms with Crippen molar-refractivity contribution in [2.75, 3.05) is 5.75 Å². The van der Waals surface area contributed by atoms with E-state index >= 15 is 0 Å². The lowest BCUT2D eigenvalue weighted by molar-refractivity contribution is -0.221. The van der Waals surface area contributed by atoms with Gasteiger partial charge in [0, 0.05) is 16.8 Å². The highest BCUT2D eigenvalue weighted by Gasteiger charge is 2.56. The first kappa shape index (κ1) is 13.3. The van der Waals surface area contributed by atoms with Crippen molar-refractivity contribution in [3.8, 4) is 0 Å². The minimum absolute atomic E-state index is 0.120. The summed E-state index contributed by atoms with van der Waals surface area (Å²) in [5.41, 5.74) is 0.784. The van der Waals surface area contributed by atoms with E-state index in [0.29, 0.717) is 11.5 Å². The van der Waals surface area contributed by atoms with Crippen LogP contribution in [0.4, 0.5) is 8.63 Å². The second-order valence-corrected chi connectivity index (χ2v) is 6.47. The third-order valence-electron chi connectivity index (χ3n) is 4.09. The van der Waals surface area contributed by atoms with Gasteiger partial charge in [0.1, 0.15) is 0 Å². The van der Waals surface area contributed by atoms with Crippen molar-refractivity contribution in [2.24, 2.45) is 5.92 Å². The molecule has 0 radical (unpaired) electrons. The molecule has 0 fully saturated rings. The van der Waals surface area contributed by atoms with E-state index in [2.05, 4.69) is 0 Å². The van der Waals surface area contributed by atoms with Gasteiger partial charge in [-0.05, 0) is 23.8 Å². The number of benzene rings is 2. The van der Waals surface area contributed by atoms with Gasteiger partial charge in [-0.15, -0.1) is 11.8 Å². The highest BCUT2D eigenvalue weighted by atomic mass is 32.2. The maximum Gasteiger partial charge on any atom is 0.932 e. The monoisotopic (exact) mass is 306 g/mol. The van der Waals surface area contributed by atoms with Crippen LogP contribution in [0.5, 0.6) is 0 Å². The van der Waals surface area contributed by atoms with Crippen LogP contribution in [0.15, 0.2) is 41.3 Å². The molecule has 0 aliphatic carbocycles. The predicted molar refractivity (Wildman–Crippen MR) is 81.0 cm³/mol. The number of hydrogen-bond acceptors (Lipinski definition) is 2. The van der Waals surface area contributed by atoms with Crippen LogP contribution in [0.1, 0.15) is 16.8 Å². The van der Waals surface area contributed by atoms with Gasteiger partial charge in [0.05, 0.1) is 11.5 Å². The molecular weight excluding hydrogens is 293 g/mol. The van der Waals surface area contributed by atoms with Gasteiger partial charge < -0.3 is 17.6 Å². The summed E-state index contributed by atoms with van der Waals surface area (Å²) in [6, 6.07) is 11.8. The van der Waals surface area contributed by atoms with E-state index in [0.717, 1.165) is 21.2 Å². The van der Waals surface area contributed by atoms with Crippen molar-refractivity contribution < 1.29 is 17.6 Å². The lowest BCUT2D eigenvalue weighted by Gasteiger charge is -2.33. The Morgan fingerprint density at radius 2 is 2.05 bits per heavy atom. The molecule has 0 saturated carbocycles. The molecule has 0 spiro atoms. The van der Waals surface area contributed by atoms with E-state index in [-0.39, 0.29) is 5.92 Å². The third kappa shape index (κ3) is 2.08. The Morgan fingerprint density at radius 3 is 2.90 bits per heavy atom. The molecule has 2 aliphatic heterocycles. The first-order valence-electron chi connectivity index (χ1n) is 6.94. The van der Waals surface area contributed by atoms with E-state index in [1.165, 1.54) is 0 Å². The molecule has 2 unspecified atom stereocenters. The van der Waals surface area contributed by atoms with Crippen molar-refractivity contribution in [1.82, 2.24) is 0 Å². The topological polar surface area (TPSA) is 20.5 Å². The molecule has 0 amide bonds. The summed E-state index contributed by atoms with van der Waals surface area (Å²) in [6.07, 6.45) is -0.532. The number of hydrogen-bond donors (Lipinski definition) is 0. The molecule has 2 heterocycles. The van der Waals surface area contributed by atoms with Crippen LogP contribution in [0.3, 0.4) is 0 Å². The number of rotatable bonds is 0. The fraction of sp³-hybridized carbons (Fsp3) is 0.267. The molecule has 0 saturated heterocycles. The summed E-state index contributed by atoms with van der Waals surface area (Å²) >= 11 is 1.69. The highest BCUT2D eigenvalue weighted by Crippen LogP contribution is 2.42. The lowest BCUT2D eigenvalue weighted by Crippen LogP contribution is -2.47. The average molecular weight is 306 g/mol. The smallest absolute Gasteiger partial charge is 0.453 e. The second-order valence-electron chi connectivity index (χ2n) is 5.44. The summed E-state index contributed by atoms with van der Waals surface area (Å²) < 4.78 is 36.9. The minimum Gasteiger partial charge on any atom is -0.453 e. The van der Waals surface area contributed by atoms with Crippen molar-refractivity contribution >= 4 is 35.4 Å². The van der Waals surface area contributed by atoms with Gasteiger partial charge in [0.15, 0.2) is 0 Å². The summed E-state index contributed by atoms with van der Waals surface area (Å²) in [6.45, 7) is 1.69. The minimum atomic E-state index is -4.22. The molecule has 2 aromatic rings. The van der Waals surface area contributed by atoms with Crippen LogP contribution in [-0.2, 0) is 4.65 Å². The van der Waals surface area contributed by atoms with Gasteiger partial charge in [-0.2, -0.15) is 0 Å². The predicted octanol–water partition coefficient (Wildman–Crippen LogP) is 4.07. The fourth-order valence-electron chi connectivity index (χ4n) is 3.06. The molecule has 2 atom stereocenters. The fourth-order valence-corrected chi connectivity index (χ4v) is 4.50. The zero-order valence-corrected chi connectivity index (χ0v) is 12.2. The molecule has 4 rings (SSSR count). The molecule has 0 N–H and O–H groups in total. The largest absolute Gasteiger partial charge is 0.932 e. The van der Waals surface area contributed by atoms with Gasteiger partial charge in [-0.3, -0.25) is 0 Å². The zero-order valence-electron chi connectivity index (χ0n) is 11.4. The Morgan fingerprint density at radius 1 is 1.24 bits per heavy atom. The van der Waals surface area contributed by atoms with E-state index in [9.17, 15) is 8.63 Å². The van der Waals surface area contributed by atoms with E-state index in [4.69, 9.17) is 9.00 Å². The standard InChI is InChI=1S/C15H13BF2O2S/c1-9-13-8-21-15-11-5-3-2-4-10(11)6-7-12(15)14(13)20-16(17,18)19-9/h2-7,9,13H,8H2,1H3. The van der Waals surface area contributed by atoms with Crippen LogP contribution >= 0.6 is 11.8 Å². The Balaban J connectivity index is 1.96. The van der Waals surface area contributed by atoms with Crippen LogP contribution in [0.25, 0.3) is 10.8 Å². The number of thioether (sulfide) groups is 1. The number of ketones is 1. The quantitative estimate of drug-likeness (QED) is 0.540. The summed E-state index contributed by atoms with van der Waals surface area (Å²) in [5, 5.41) is 2.20. The molecule has 0 bridgehead atoms.